The van der Waals surface area contributed by atoms with Crippen LogP contribution in [0.15, 0.2) is 48.5 Å². The third-order valence-electron chi connectivity index (χ3n) is 4.03. The first-order valence-electron chi connectivity index (χ1n) is 7.59. The average molecular weight is 309 g/mol. The van der Waals surface area contributed by atoms with E-state index in [9.17, 15) is 9.59 Å². The first-order valence-corrected chi connectivity index (χ1v) is 7.59. The molecule has 0 aliphatic carbocycles. The van der Waals surface area contributed by atoms with E-state index in [1.807, 2.05) is 55.5 Å². The summed E-state index contributed by atoms with van der Waals surface area (Å²) in [5.41, 5.74) is 3.35. The predicted octanol–water partition coefficient (Wildman–Crippen LogP) is 2.78. The SMILES string of the molecule is Cc1ccccc1NC(=O)C(C)N1C(=O)CNc2ccccc21. The first-order chi connectivity index (χ1) is 11.1. The zero-order valence-corrected chi connectivity index (χ0v) is 13.2. The van der Waals surface area contributed by atoms with Gasteiger partial charge in [0.1, 0.15) is 6.04 Å². The molecule has 2 aromatic carbocycles. The number of amides is 2. The van der Waals surface area contributed by atoms with Gasteiger partial charge in [0, 0.05) is 5.69 Å². The van der Waals surface area contributed by atoms with Gasteiger partial charge < -0.3 is 10.6 Å². The molecule has 1 unspecified atom stereocenters. The molecule has 1 aliphatic heterocycles. The van der Waals surface area contributed by atoms with Crippen molar-refractivity contribution in [3.05, 3.63) is 54.1 Å². The fraction of sp³-hybridized carbons (Fsp3) is 0.222. The van der Waals surface area contributed by atoms with Gasteiger partial charge in [-0.15, -0.1) is 0 Å². The van der Waals surface area contributed by atoms with Gasteiger partial charge in [-0.05, 0) is 37.6 Å². The van der Waals surface area contributed by atoms with Crippen LogP contribution in [0.4, 0.5) is 17.1 Å². The number of para-hydroxylation sites is 3. The number of benzene rings is 2. The van der Waals surface area contributed by atoms with Gasteiger partial charge in [-0.1, -0.05) is 30.3 Å². The molecule has 1 aliphatic rings. The van der Waals surface area contributed by atoms with Crippen LogP contribution in [-0.2, 0) is 9.59 Å². The van der Waals surface area contributed by atoms with E-state index in [1.165, 1.54) is 0 Å². The van der Waals surface area contributed by atoms with Crippen molar-refractivity contribution >= 4 is 28.9 Å². The second kappa shape index (κ2) is 6.12. The van der Waals surface area contributed by atoms with Gasteiger partial charge in [-0.25, -0.2) is 0 Å². The molecule has 2 amide bonds. The minimum Gasteiger partial charge on any atom is -0.374 e. The molecule has 0 saturated carbocycles. The summed E-state index contributed by atoms with van der Waals surface area (Å²) in [6, 6.07) is 14.5. The first kappa shape index (κ1) is 15.1. The average Bonchev–Trinajstić information content (AvgIpc) is 2.56. The Hall–Kier alpha value is -2.82. The molecule has 1 heterocycles. The summed E-state index contributed by atoms with van der Waals surface area (Å²) in [4.78, 5) is 26.5. The van der Waals surface area contributed by atoms with E-state index < -0.39 is 6.04 Å². The van der Waals surface area contributed by atoms with Gasteiger partial charge in [-0.2, -0.15) is 0 Å². The molecule has 1 atom stereocenters. The number of anilines is 3. The third kappa shape index (κ3) is 2.90. The summed E-state index contributed by atoms with van der Waals surface area (Å²) >= 11 is 0. The van der Waals surface area contributed by atoms with E-state index in [2.05, 4.69) is 10.6 Å². The Morgan fingerprint density at radius 3 is 2.65 bits per heavy atom. The van der Waals surface area contributed by atoms with Crippen LogP contribution in [0.25, 0.3) is 0 Å². The number of nitrogens with one attached hydrogen (secondary N) is 2. The van der Waals surface area contributed by atoms with Gasteiger partial charge in [0.2, 0.25) is 11.8 Å². The van der Waals surface area contributed by atoms with Crippen LogP contribution in [0.2, 0.25) is 0 Å². The Balaban J connectivity index is 1.85. The fourth-order valence-corrected chi connectivity index (χ4v) is 2.72. The monoisotopic (exact) mass is 309 g/mol. The van der Waals surface area contributed by atoms with Crippen LogP contribution >= 0.6 is 0 Å². The van der Waals surface area contributed by atoms with Crippen LogP contribution in [-0.4, -0.2) is 24.4 Å². The van der Waals surface area contributed by atoms with Crippen molar-refractivity contribution in [3.8, 4) is 0 Å². The zero-order chi connectivity index (χ0) is 16.4. The maximum Gasteiger partial charge on any atom is 0.247 e. The lowest BCUT2D eigenvalue weighted by atomic mass is 10.1. The van der Waals surface area contributed by atoms with Crippen molar-refractivity contribution in [2.45, 2.75) is 19.9 Å². The van der Waals surface area contributed by atoms with Crippen molar-refractivity contribution in [2.24, 2.45) is 0 Å². The largest absolute Gasteiger partial charge is 0.374 e. The molecule has 0 fully saturated rings. The molecule has 2 N–H and O–H groups in total. The predicted molar refractivity (Wildman–Crippen MR) is 91.7 cm³/mol. The van der Waals surface area contributed by atoms with Gasteiger partial charge in [0.25, 0.3) is 0 Å². The van der Waals surface area contributed by atoms with Gasteiger partial charge in [0.05, 0.1) is 17.9 Å². The van der Waals surface area contributed by atoms with E-state index in [0.717, 1.165) is 22.6 Å². The summed E-state index contributed by atoms with van der Waals surface area (Å²) in [7, 11) is 0. The van der Waals surface area contributed by atoms with Crippen LogP contribution in [0.3, 0.4) is 0 Å². The standard InChI is InChI=1S/C18H19N3O2/c1-12-7-3-4-8-14(12)20-18(23)13(2)21-16-10-6-5-9-15(16)19-11-17(21)22/h3-10,13,19H,11H2,1-2H3,(H,20,23). The summed E-state index contributed by atoms with van der Waals surface area (Å²) in [6.07, 6.45) is 0. The Kier molecular flexibility index (Phi) is 4.02. The topological polar surface area (TPSA) is 61.4 Å². The highest BCUT2D eigenvalue weighted by Crippen LogP contribution is 2.30. The number of hydrogen-bond acceptors (Lipinski definition) is 3. The summed E-state index contributed by atoms with van der Waals surface area (Å²) < 4.78 is 0. The lowest BCUT2D eigenvalue weighted by molar-refractivity contribution is -0.122. The number of aryl methyl sites for hydroxylation is 1. The Bertz CT molecular complexity index is 757. The summed E-state index contributed by atoms with van der Waals surface area (Å²) in [5, 5.41) is 5.98. The molecule has 0 spiro atoms. The second-order valence-electron chi connectivity index (χ2n) is 5.61. The number of nitrogens with zero attached hydrogens (tertiary/aromatic N) is 1. The van der Waals surface area contributed by atoms with E-state index in [-0.39, 0.29) is 18.4 Å². The number of rotatable bonds is 3. The molecular weight excluding hydrogens is 290 g/mol. The second-order valence-corrected chi connectivity index (χ2v) is 5.61. The fourth-order valence-electron chi connectivity index (χ4n) is 2.72. The molecule has 2 aromatic rings. The van der Waals surface area contributed by atoms with Crippen molar-refractivity contribution in [3.63, 3.8) is 0 Å². The molecule has 5 heteroatoms. The lowest BCUT2D eigenvalue weighted by Gasteiger charge is -2.34. The van der Waals surface area contributed by atoms with Crippen LogP contribution in [0.1, 0.15) is 12.5 Å². The van der Waals surface area contributed by atoms with Crippen LogP contribution < -0.4 is 15.5 Å². The third-order valence-corrected chi connectivity index (χ3v) is 4.03. The van der Waals surface area contributed by atoms with Gasteiger partial charge in [-0.3, -0.25) is 14.5 Å². The maximum absolute atomic E-state index is 12.6. The number of carbonyl (C=O) groups is 2. The molecule has 0 saturated heterocycles. The minimum atomic E-state index is -0.592. The number of fused-ring (bicyclic) bond motifs is 1. The maximum atomic E-state index is 12.6. The minimum absolute atomic E-state index is 0.115. The van der Waals surface area contributed by atoms with Gasteiger partial charge >= 0.3 is 0 Å². The molecule has 23 heavy (non-hydrogen) atoms. The van der Waals surface area contributed by atoms with Gasteiger partial charge in [0.15, 0.2) is 0 Å². The molecule has 0 aromatic heterocycles. The molecule has 0 bridgehead atoms. The Labute approximate surface area is 135 Å². The zero-order valence-electron chi connectivity index (χ0n) is 13.2. The molecule has 5 nitrogen and oxygen atoms in total. The highest BCUT2D eigenvalue weighted by molar-refractivity contribution is 6.09. The molecule has 3 rings (SSSR count). The molecule has 0 radical (unpaired) electrons. The molecular formula is C18H19N3O2. The van der Waals surface area contributed by atoms with E-state index >= 15 is 0 Å². The smallest absolute Gasteiger partial charge is 0.247 e. The highest BCUT2D eigenvalue weighted by atomic mass is 16.2. The van der Waals surface area contributed by atoms with Crippen molar-refractivity contribution in [1.82, 2.24) is 0 Å². The van der Waals surface area contributed by atoms with Crippen LogP contribution in [0, 0.1) is 6.92 Å². The molecule has 118 valence electrons. The number of hydrogen-bond donors (Lipinski definition) is 2. The van der Waals surface area contributed by atoms with Crippen molar-refractivity contribution in [1.29, 1.82) is 0 Å². The summed E-state index contributed by atoms with van der Waals surface area (Å²) in [5.74, 6) is -0.319. The Morgan fingerprint density at radius 1 is 1.17 bits per heavy atom. The number of carbonyl (C=O) groups excluding carboxylic acids is 2. The van der Waals surface area contributed by atoms with E-state index in [4.69, 9.17) is 0 Å². The van der Waals surface area contributed by atoms with E-state index in [0.29, 0.717) is 0 Å². The van der Waals surface area contributed by atoms with Crippen molar-refractivity contribution < 1.29 is 9.59 Å². The van der Waals surface area contributed by atoms with E-state index in [1.54, 1.807) is 11.8 Å². The lowest BCUT2D eigenvalue weighted by Crippen LogP contribution is -2.50. The van der Waals surface area contributed by atoms with Crippen LogP contribution in [0.5, 0.6) is 0 Å². The highest BCUT2D eigenvalue weighted by Gasteiger charge is 2.31. The normalized spacial score (nSPS) is 14.7. The summed E-state index contributed by atoms with van der Waals surface area (Å²) in [6.45, 7) is 3.87. The quantitative estimate of drug-likeness (QED) is 0.916. The Morgan fingerprint density at radius 2 is 1.87 bits per heavy atom. The van der Waals surface area contributed by atoms with Crippen molar-refractivity contribution in [2.75, 3.05) is 22.1 Å².